The van der Waals surface area contributed by atoms with E-state index in [1.807, 2.05) is 31.2 Å². The average Bonchev–Trinajstić information content (AvgIpc) is 3.46. The van der Waals surface area contributed by atoms with Crippen LogP contribution in [-0.2, 0) is 0 Å². The first-order chi connectivity index (χ1) is 13.7. The molecule has 0 amide bonds. The van der Waals surface area contributed by atoms with Gasteiger partial charge < -0.3 is 0 Å². The molecule has 1 fully saturated rings. The molecule has 138 valence electrons. The molecule has 0 atom stereocenters. The van der Waals surface area contributed by atoms with Gasteiger partial charge in [0.15, 0.2) is 5.82 Å². The summed E-state index contributed by atoms with van der Waals surface area (Å²) in [6.45, 7) is 2.02. The highest BCUT2D eigenvalue weighted by Crippen LogP contribution is 2.40. The van der Waals surface area contributed by atoms with Gasteiger partial charge in [-0.1, -0.05) is 29.8 Å². The van der Waals surface area contributed by atoms with E-state index in [1.54, 1.807) is 29.1 Å². The molecule has 2 aromatic carbocycles. The lowest BCUT2D eigenvalue weighted by molar-refractivity contribution is 0.630. The van der Waals surface area contributed by atoms with E-state index >= 15 is 0 Å². The number of tetrazole rings is 1. The lowest BCUT2D eigenvalue weighted by Gasteiger charge is -2.11. The molecule has 0 spiro atoms. The Morgan fingerprint density at radius 2 is 1.79 bits per heavy atom. The van der Waals surface area contributed by atoms with E-state index in [1.165, 1.54) is 6.07 Å². The highest BCUT2D eigenvalue weighted by Gasteiger charge is 2.29. The second-order valence-electron chi connectivity index (χ2n) is 6.99. The quantitative estimate of drug-likeness (QED) is 0.539. The van der Waals surface area contributed by atoms with Gasteiger partial charge in [0.25, 0.3) is 0 Å². The van der Waals surface area contributed by atoms with Crippen LogP contribution >= 0.6 is 0 Å². The molecule has 6 nitrogen and oxygen atoms in total. The van der Waals surface area contributed by atoms with Gasteiger partial charge >= 0.3 is 0 Å². The Balaban J connectivity index is 1.70. The molecule has 2 heterocycles. The van der Waals surface area contributed by atoms with Crippen LogP contribution < -0.4 is 0 Å². The topological polar surface area (TPSA) is 69.4 Å². The summed E-state index contributed by atoms with van der Waals surface area (Å²) in [5.41, 5.74) is 3.48. The molecule has 0 bridgehead atoms. The molecule has 2 aromatic heterocycles. The van der Waals surface area contributed by atoms with Gasteiger partial charge in [0.1, 0.15) is 11.6 Å². The van der Waals surface area contributed by atoms with Crippen LogP contribution in [0.2, 0.25) is 0 Å². The van der Waals surface area contributed by atoms with E-state index in [2.05, 4.69) is 20.5 Å². The Labute approximate surface area is 161 Å². The van der Waals surface area contributed by atoms with Gasteiger partial charge in [-0.15, -0.1) is 5.10 Å². The van der Waals surface area contributed by atoms with Gasteiger partial charge in [-0.05, 0) is 54.5 Å². The Hall–Kier alpha value is -3.48. The van der Waals surface area contributed by atoms with E-state index in [0.29, 0.717) is 28.6 Å². The van der Waals surface area contributed by atoms with Crippen molar-refractivity contribution >= 4 is 0 Å². The number of nitrogens with zero attached hydrogens (tertiary/aromatic N) is 6. The largest absolute Gasteiger partial charge is 0.240 e. The maximum absolute atomic E-state index is 14.6. The number of benzene rings is 2. The van der Waals surface area contributed by atoms with Crippen molar-refractivity contribution in [3.8, 4) is 28.3 Å². The monoisotopic (exact) mass is 372 g/mol. The van der Waals surface area contributed by atoms with Crippen LogP contribution in [0.1, 0.15) is 30.1 Å². The van der Waals surface area contributed by atoms with E-state index in [9.17, 15) is 4.39 Å². The minimum Gasteiger partial charge on any atom is -0.240 e. The minimum atomic E-state index is -0.335. The lowest BCUT2D eigenvalue weighted by atomic mass is 10.1. The first-order valence-electron chi connectivity index (χ1n) is 9.18. The summed E-state index contributed by atoms with van der Waals surface area (Å²) in [6, 6.07) is 14.5. The number of halogens is 1. The van der Waals surface area contributed by atoms with Crippen molar-refractivity contribution in [3.05, 3.63) is 71.9 Å². The average molecular weight is 372 g/mol. The minimum absolute atomic E-state index is 0.335. The normalized spacial score (nSPS) is 13.6. The zero-order chi connectivity index (χ0) is 19.1. The third-order valence-electron chi connectivity index (χ3n) is 4.87. The SMILES string of the molecule is Cc1ccc(-n2nnnc2-c2cnc(C3CC3)nc2-c2ccccc2F)cc1. The fourth-order valence-electron chi connectivity index (χ4n) is 3.17. The number of hydrogen-bond donors (Lipinski definition) is 0. The van der Waals surface area contributed by atoms with Gasteiger partial charge in [-0.2, -0.15) is 4.68 Å². The van der Waals surface area contributed by atoms with Crippen LogP contribution in [0.5, 0.6) is 0 Å². The summed E-state index contributed by atoms with van der Waals surface area (Å²) in [7, 11) is 0. The summed E-state index contributed by atoms with van der Waals surface area (Å²) in [4.78, 5) is 9.23. The zero-order valence-electron chi connectivity index (χ0n) is 15.2. The molecular weight excluding hydrogens is 355 g/mol. The smallest absolute Gasteiger partial charge is 0.190 e. The molecule has 1 saturated carbocycles. The summed E-state index contributed by atoms with van der Waals surface area (Å²) in [5.74, 6) is 1.24. The second-order valence-corrected chi connectivity index (χ2v) is 6.99. The van der Waals surface area contributed by atoms with Gasteiger partial charge in [-0.3, -0.25) is 0 Å². The Bertz CT molecular complexity index is 1150. The highest BCUT2D eigenvalue weighted by atomic mass is 19.1. The maximum Gasteiger partial charge on any atom is 0.190 e. The number of hydrogen-bond acceptors (Lipinski definition) is 5. The predicted octanol–water partition coefficient (Wildman–Crippen LogP) is 4.11. The van der Waals surface area contributed by atoms with Crippen molar-refractivity contribution in [2.75, 3.05) is 0 Å². The molecule has 1 aliphatic carbocycles. The molecule has 7 heteroatoms. The Morgan fingerprint density at radius 3 is 2.54 bits per heavy atom. The van der Waals surface area contributed by atoms with E-state index < -0.39 is 0 Å². The maximum atomic E-state index is 14.6. The third-order valence-corrected chi connectivity index (χ3v) is 4.87. The van der Waals surface area contributed by atoms with Crippen molar-refractivity contribution in [2.45, 2.75) is 25.7 Å². The van der Waals surface area contributed by atoms with Gasteiger partial charge in [0.2, 0.25) is 0 Å². The molecule has 28 heavy (non-hydrogen) atoms. The summed E-state index contributed by atoms with van der Waals surface area (Å²) in [6.07, 6.45) is 3.84. The molecule has 0 N–H and O–H groups in total. The standard InChI is InChI=1S/C21H17FN6/c1-13-6-10-15(11-7-13)28-21(25-26-27-28)17-12-23-20(14-8-9-14)24-19(17)16-4-2-3-5-18(16)22/h2-7,10-12,14H,8-9H2,1H3. The van der Waals surface area contributed by atoms with Crippen molar-refractivity contribution < 1.29 is 4.39 Å². The van der Waals surface area contributed by atoms with Crippen LogP contribution in [0.3, 0.4) is 0 Å². The molecule has 1 aliphatic rings. The van der Waals surface area contributed by atoms with Crippen molar-refractivity contribution in [2.24, 2.45) is 0 Å². The van der Waals surface area contributed by atoms with E-state index in [0.717, 1.165) is 29.9 Å². The lowest BCUT2D eigenvalue weighted by Crippen LogP contribution is -2.04. The second kappa shape index (κ2) is 6.60. The number of rotatable bonds is 4. The Morgan fingerprint density at radius 1 is 1.00 bits per heavy atom. The van der Waals surface area contributed by atoms with Crippen LogP contribution in [0.25, 0.3) is 28.3 Å². The summed E-state index contributed by atoms with van der Waals surface area (Å²) < 4.78 is 16.2. The van der Waals surface area contributed by atoms with Crippen LogP contribution in [-0.4, -0.2) is 30.2 Å². The highest BCUT2D eigenvalue weighted by molar-refractivity contribution is 5.77. The first-order valence-corrected chi connectivity index (χ1v) is 9.18. The van der Waals surface area contributed by atoms with Crippen LogP contribution in [0.4, 0.5) is 4.39 Å². The van der Waals surface area contributed by atoms with Crippen molar-refractivity contribution in [1.29, 1.82) is 0 Å². The van der Waals surface area contributed by atoms with Gasteiger partial charge in [0, 0.05) is 17.7 Å². The summed E-state index contributed by atoms with van der Waals surface area (Å²) in [5, 5.41) is 12.2. The molecule has 0 radical (unpaired) electrons. The molecular formula is C21H17FN6. The molecule has 4 aromatic rings. The molecule has 0 unspecified atom stereocenters. The fraction of sp³-hybridized carbons (Fsp3) is 0.190. The van der Waals surface area contributed by atoms with Crippen molar-refractivity contribution in [1.82, 2.24) is 30.2 Å². The van der Waals surface area contributed by atoms with Crippen LogP contribution in [0, 0.1) is 12.7 Å². The fourth-order valence-corrected chi connectivity index (χ4v) is 3.17. The number of aryl methyl sites for hydroxylation is 1. The van der Waals surface area contributed by atoms with Crippen molar-refractivity contribution in [3.63, 3.8) is 0 Å². The third kappa shape index (κ3) is 2.94. The van der Waals surface area contributed by atoms with E-state index in [4.69, 9.17) is 4.98 Å². The van der Waals surface area contributed by atoms with Gasteiger partial charge in [-0.25, -0.2) is 14.4 Å². The summed E-state index contributed by atoms with van der Waals surface area (Å²) >= 11 is 0. The first kappa shape index (κ1) is 16.7. The zero-order valence-corrected chi connectivity index (χ0v) is 15.2. The Kier molecular flexibility index (Phi) is 3.93. The number of aromatic nitrogens is 6. The molecule has 0 aliphatic heterocycles. The molecule has 0 saturated heterocycles. The van der Waals surface area contributed by atoms with Crippen LogP contribution in [0.15, 0.2) is 54.7 Å². The predicted molar refractivity (Wildman–Crippen MR) is 102 cm³/mol. The molecule has 5 rings (SSSR count). The van der Waals surface area contributed by atoms with E-state index in [-0.39, 0.29) is 5.82 Å². The van der Waals surface area contributed by atoms with Gasteiger partial charge in [0.05, 0.1) is 16.9 Å².